The lowest BCUT2D eigenvalue weighted by Crippen LogP contribution is -2.33. The number of halogens is 2. The Morgan fingerprint density at radius 2 is 1.90 bits per heavy atom. The second kappa shape index (κ2) is 10.7. The molecule has 0 bridgehead atoms. The summed E-state index contributed by atoms with van der Waals surface area (Å²) in [5.41, 5.74) is 4.56. The van der Waals surface area contributed by atoms with Crippen LogP contribution < -0.4 is 5.32 Å². The largest absolute Gasteiger partial charge is 0.340 e. The van der Waals surface area contributed by atoms with E-state index in [2.05, 4.69) is 25.7 Å². The normalized spacial score (nSPS) is 14.7. The molecule has 0 spiro atoms. The first-order valence-electron chi connectivity index (χ1n) is 13.3. The Morgan fingerprint density at radius 3 is 2.61 bits per heavy atom. The Kier molecular flexibility index (Phi) is 6.91. The molecule has 5 aromatic rings. The third kappa shape index (κ3) is 5.64. The second-order valence-corrected chi connectivity index (χ2v) is 10.4. The highest BCUT2D eigenvalue weighted by atomic mass is 19.3. The molecule has 1 saturated heterocycles. The molecule has 41 heavy (non-hydrogen) atoms. The number of rotatable bonds is 8. The molecule has 1 aliphatic rings. The maximum Gasteiger partial charge on any atom is 0.270 e. The summed E-state index contributed by atoms with van der Waals surface area (Å²) in [5, 5.41) is 14.7. The molecular formula is C29H29F2N9O. The highest BCUT2D eigenvalue weighted by Gasteiger charge is 2.41. The molecular weight excluding hydrogens is 528 g/mol. The van der Waals surface area contributed by atoms with E-state index < -0.39 is 12.5 Å². The van der Waals surface area contributed by atoms with Crippen LogP contribution in [0.1, 0.15) is 16.9 Å². The average Bonchev–Trinajstić information content (AvgIpc) is 3.70. The predicted octanol–water partition coefficient (Wildman–Crippen LogP) is 4.67. The number of hydrogen-bond donors (Lipinski definition) is 2. The van der Waals surface area contributed by atoms with E-state index in [0.29, 0.717) is 30.4 Å². The Bertz CT molecular complexity index is 1680. The van der Waals surface area contributed by atoms with Crippen LogP contribution in [-0.2, 0) is 6.54 Å². The smallest absolute Gasteiger partial charge is 0.270 e. The van der Waals surface area contributed by atoms with Crippen molar-refractivity contribution in [2.75, 3.05) is 39.0 Å². The fourth-order valence-electron chi connectivity index (χ4n) is 4.96. The zero-order valence-electron chi connectivity index (χ0n) is 22.7. The molecule has 2 N–H and O–H groups in total. The summed E-state index contributed by atoms with van der Waals surface area (Å²) in [4.78, 5) is 25.8. The fourth-order valence-corrected chi connectivity index (χ4v) is 4.96. The van der Waals surface area contributed by atoms with Gasteiger partial charge in [-0.25, -0.2) is 18.7 Å². The zero-order valence-corrected chi connectivity index (χ0v) is 22.7. The van der Waals surface area contributed by atoms with E-state index in [1.807, 2.05) is 66.0 Å². The number of aromatic amines is 1. The molecule has 210 valence electrons. The number of fused-ring (bicyclic) bond motifs is 1. The van der Waals surface area contributed by atoms with E-state index in [9.17, 15) is 13.6 Å². The van der Waals surface area contributed by atoms with Crippen molar-refractivity contribution in [2.45, 2.75) is 18.9 Å². The van der Waals surface area contributed by atoms with Gasteiger partial charge in [0.1, 0.15) is 17.2 Å². The van der Waals surface area contributed by atoms with Crippen LogP contribution in [0.15, 0.2) is 67.0 Å². The lowest BCUT2D eigenvalue weighted by molar-refractivity contribution is 0.0118. The van der Waals surface area contributed by atoms with Gasteiger partial charge in [-0.05, 0) is 44.4 Å². The molecule has 3 aromatic heterocycles. The molecule has 0 atom stereocenters. The van der Waals surface area contributed by atoms with E-state index in [0.717, 1.165) is 33.4 Å². The number of nitrogens with zero attached hydrogens (tertiary/aromatic N) is 7. The highest BCUT2D eigenvalue weighted by Crippen LogP contribution is 2.31. The van der Waals surface area contributed by atoms with Crippen LogP contribution in [0, 0.1) is 0 Å². The van der Waals surface area contributed by atoms with Crippen molar-refractivity contribution in [3.8, 4) is 22.6 Å². The van der Waals surface area contributed by atoms with Crippen LogP contribution in [0.25, 0.3) is 33.5 Å². The summed E-state index contributed by atoms with van der Waals surface area (Å²) in [6.45, 7) is 0.694. The zero-order chi connectivity index (χ0) is 28.6. The maximum atomic E-state index is 13.9. The maximum absolute atomic E-state index is 13.9. The molecule has 0 radical (unpaired) electrons. The van der Waals surface area contributed by atoms with Crippen LogP contribution in [0.3, 0.4) is 0 Å². The van der Waals surface area contributed by atoms with Crippen LogP contribution in [0.2, 0.25) is 0 Å². The number of benzene rings is 2. The van der Waals surface area contributed by atoms with Crippen LogP contribution in [0.4, 0.5) is 20.3 Å². The molecule has 0 saturated carbocycles. The fraction of sp³-hybridized carbons (Fsp3) is 0.276. The first-order valence-corrected chi connectivity index (χ1v) is 13.3. The van der Waals surface area contributed by atoms with Gasteiger partial charge >= 0.3 is 0 Å². The van der Waals surface area contributed by atoms with Crippen molar-refractivity contribution in [3.05, 3.63) is 72.7 Å². The number of nitrogens with one attached hydrogen (secondary N) is 2. The van der Waals surface area contributed by atoms with Gasteiger partial charge in [-0.2, -0.15) is 15.4 Å². The average molecular weight is 558 g/mol. The SMILES string of the molecule is CN(C)CCn1c(C(=O)N2CCC(F)(F)C2)cc2ccc(-c3nccc(Nc4ccc(-c5cn[nH]n5)cc4)n3)cc21. The minimum atomic E-state index is -2.85. The number of likely N-dealkylation sites (N-methyl/N-ethyl adjacent to an activating group) is 1. The molecule has 1 aliphatic heterocycles. The molecule has 0 aliphatic carbocycles. The van der Waals surface area contributed by atoms with E-state index in [-0.39, 0.29) is 18.9 Å². The quantitative estimate of drug-likeness (QED) is 0.286. The summed E-state index contributed by atoms with van der Waals surface area (Å²) < 4.78 is 29.7. The van der Waals surface area contributed by atoms with E-state index in [1.165, 1.54) is 4.90 Å². The summed E-state index contributed by atoms with van der Waals surface area (Å²) in [7, 11) is 3.90. The predicted molar refractivity (Wildman–Crippen MR) is 152 cm³/mol. The Morgan fingerprint density at radius 1 is 1.10 bits per heavy atom. The van der Waals surface area contributed by atoms with Gasteiger partial charge in [0, 0.05) is 60.0 Å². The monoisotopic (exact) mass is 557 g/mol. The van der Waals surface area contributed by atoms with Gasteiger partial charge in [0.05, 0.1) is 12.7 Å². The number of anilines is 2. The van der Waals surface area contributed by atoms with Crippen molar-refractivity contribution in [3.63, 3.8) is 0 Å². The molecule has 4 heterocycles. The number of H-pyrrole nitrogens is 1. The number of aromatic nitrogens is 6. The van der Waals surface area contributed by atoms with Crippen LogP contribution in [-0.4, -0.2) is 85.3 Å². The van der Waals surface area contributed by atoms with Crippen molar-refractivity contribution < 1.29 is 13.6 Å². The summed E-state index contributed by atoms with van der Waals surface area (Å²) in [5.74, 6) is -2.09. The first kappa shape index (κ1) is 26.5. The van der Waals surface area contributed by atoms with Gasteiger partial charge in [-0.1, -0.05) is 24.3 Å². The number of hydrogen-bond acceptors (Lipinski definition) is 7. The molecule has 0 unspecified atom stereocenters. The first-order chi connectivity index (χ1) is 19.8. The minimum absolute atomic E-state index is 0.0445. The molecule has 1 fully saturated rings. The van der Waals surface area contributed by atoms with Gasteiger partial charge in [-0.3, -0.25) is 4.79 Å². The molecule has 10 nitrogen and oxygen atoms in total. The topological polar surface area (TPSA) is 108 Å². The number of amides is 1. The summed E-state index contributed by atoms with van der Waals surface area (Å²) >= 11 is 0. The third-order valence-electron chi connectivity index (χ3n) is 7.13. The number of carbonyl (C=O) groups is 1. The summed E-state index contributed by atoms with van der Waals surface area (Å²) in [6.07, 6.45) is 3.04. The van der Waals surface area contributed by atoms with Gasteiger partial charge in [0.25, 0.3) is 11.8 Å². The minimum Gasteiger partial charge on any atom is -0.340 e. The number of carbonyl (C=O) groups excluding carboxylic acids is 1. The van der Waals surface area contributed by atoms with Crippen LogP contribution >= 0.6 is 0 Å². The van der Waals surface area contributed by atoms with E-state index in [4.69, 9.17) is 4.98 Å². The molecule has 2 aromatic carbocycles. The van der Waals surface area contributed by atoms with Gasteiger partial charge < -0.3 is 19.7 Å². The highest BCUT2D eigenvalue weighted by molar-refractivity contribution is 5.99. The lowest BCUT2D eigenvalue weighted by Gasteiger charge is -2.19. The summed E-state index contributed by atoms with van der Waals surface area (Å²) in [6, 6.07) is 17.1. The van der Waals surface area contributed by atoms with Crippen molar-refractivity contribution >= 4 is 28.3 Å². The molecule has 12 heteroatoms. The van der Waals surface area contributed by atoms with Gasteiger partial charge in [0.2, 0.25) is 0 Å². The second-order valence-electron chi connectivity index (χ2n) is 10.4. The Labute approximate surface area is 235 Å². The van der Waals surface area contributed by atoms with Crippen molar-refractivity contribution in [1.29, 1.82) is 0 Å². The van der Waals surface area contributed by atoms with Crippen LogP contribution in [0.5, 0.6) is 0 Å². The standard InChI is InChI=1S/C29H29F2N9O/c1-38(2)13-14-40-24-16-21(4-3-20(24)15-25(40)28(41)39-12-10-29(30,31)18-39)27-32-11-9-26(35-27)34-22-7-5-19(6-8-22)23-17-33-37-36-23/h3-9,11,15-17H,10,12-14,18H2,1-2H3,(H,32,34,35)(H,33,36,37). The molecule has 1 amide bonds. The van der Waals surface area contributed by atoms with Gasteiger partial charge in [0.15, 0.2) is 5.82 Å². The van der Waals surface area contributed by atoms with E-state index >= 15 is 0 Å². The van der Waals surface area contributed by atoms with Crippen molar-refractivity contribution in [2.24, 2.45) is 0 Å². The van der Waals surface area contributed by atoms with E-state index in [1.54, 1.807) is 24.5 Å². The number of alkyl halides is 2. The van der Waals surface area contributed by atoms with Crippen molar-refractivity contribution in [1.82, 2.24) is 39.7 Å². The lowest BCUT2D eigenvalue weighted by atomic mass is 10.1. The molecule has 6 rings (SSSR count). The third-order valence-corrected chi connectivity index (χ3v) is 7.13. The number of likely N-dealkylation sites (tertiary alicyclic amines) is 1. The Balaban J connectivity index is 1.29. The Hall–Kier alpha value is -4.71. The van der Waals surface area contributed by atoms with Gasteiger partial charge in [-0.15, -0.1) is 0 Å².